The van der Waals surface area contributed by atoms with Crippen molar-refractivity contribution in [3.63, 3.8) is 0 Å². The van der Waals surface area contributed by atoms with Crippen LogP contribution >= 0.6 is 12.4 Å². The van der Waals surface area contributed by atoms with Crippen LogP contribution < -0.4 is 4.90 Å². The molecule has 6 heteroatoms. The van der Waals surface area contributed by atoms with Gasteiger partial charge >= 0.3 is 0 Å². The molecule has 1 unspecified atom stereocenters. The molecule has 2 heterocycles. The van der Waals surface area contributed by atoms with Crippen LogP contribution in [-0.2, 0) is 16.3 Å². The van der Waals surface area contributed by atoms with Crippen molar-refractivity contribution in [1.29, 1.82) is 0 Å². The molecule has 1 saturated heterocycles. The van der Waals surface area contributed by atoms with Crippen molar-refractivity contribution in [1.82, 2.24) is 4.90 Å². The van der Waals surface area contributed by atoms with Gasteiger partial charge in [-0.3, -0.25) is 0 Å². The average Bonchev–Trinajstić information content (AvgIpc) is 2.96. The van der Waals surface area contributed by atoms with Gasteiger partial charge in [0.25, 0.3) is 0 Å². The van der Waals surface area contributed by atoms with Crippen molar-refractivity contribution >= 4 is 27.9 Å². The number of likely N-dealkylation sites (tertiary alicyclic amines) is 1. The van der Waals surface area contributed by atoms with E-state index in [1.807, 2.05) is 18.2 Å². The maximum Gasteiger partial charge on any atom is 0.206 e. The molecule has 4 nitrogen and oxygen atoms in total. The molecular weight excluding hydrogens is 380 g/mol. The van der Waals surface area contributed by atoms with Crippen molar-refractivity contribution in [2.45, 2.75) is 41.5 Å². The highest BCUT2D eigenvalue weighted by molar-refractivity contribution is 7.91. The third-order valence-corrected chi connectivity index (χ3v) is 7.48. The molecule has 2 aliphatic heterocycles. The summed E-state index contributed by atoms with van der Waals surface area (Å²) in [6.45, 7) is 3.31. The van der Waals surface area contributed by atoms with E-state index in [0.29, 0.717) is 15.8 Å². The lowest BCUT2D eigenvalue weighted by molar-refractivity contribution is 0.346. The highest BCUT2D eigenvalue weighted by atomic mass is 35.5. The van der Waals surface area contributed by atoms with E-state index in [-0.39, 0.29) is 12.4 Å². The minimum absolute atomic E-state index is 0. The van der Waals surface area contributed by atoms with Gasteiger partial charge < -0.3 is 9.80 Å². The van der Waals surface area contributed by atoms with Gasteiger partial charge in [-0.25, -0.2) is 8.42 Å². The summed E-state index contributed by atoms with van der Waals surface area (Å²) in [6.07, 6.45) is 4.56. The SMILES string of the molecule is CN1CCCC(N2CCc3cc(S(=O)(=O)c4ccccc4)ccc32)CC1.Cl. The van der Waals surface area contributed by atoms with Gasteiger partial charge in [-0.1, -0.05) is 18.2 Å². The Hall–Kier alpha value is -1.56. The predicted molar refractivity (Wildman–Crippen MR) is 112 cm³/mol. The number of fused-ring (bicyclic) bond motifs is 1. The van der Waals surface area contributed by atoms with Gasteiger partial charge in [-0.15, -0.1) is 12.4 Å². The van der Waals surface area contributed by atoms with E-state index in [9.17, 15) is 8.42 Å². The van der Waals surface area contributed by atoms with Gasteiger partial charge in [0.2, 0.25) is 9.84 Å². The van der Waals surface area contributed by atoms with Crippen LogP contribution in [0.15, 0.2) is 58.3 Å². The second kappa shape index (κ2) is 8.21. The highest BCUT2D eigenvalue weighted by Crippen LogP contribution is 2.35. The fourth-order valence-electron chi connectivity index (χ4n) is 4.22. The number of nitrogens with zero attached hydrogens (tertiary/aromatic N) is 2. The zero-order valence-electron chi connectivity index (χ0n) is 15.7. The molecule has 4 rings (SSSR count). The molecule has 0 bridgehead atoms. The lowest BCUT2D eigenvalue weighted by Crippen LogP contribution is -2.34. The van der Waals surface area contributed by atoms with Gasteiger partial charge in [-0.2, -0.15) is 0 Å². The molecule has 0 aliphatic carbocycles. The number of benzene rings is 2. The molecule has 0 N–H and O–H groups in total. The molecule has 0 aromatic heterocycles. The fraction of sp³-hybridized carbons (Fsp3) is 0.429. The van der Waals surface area contributed by atoms with Crippen LogP contribution in [0.5, 0.6) is 0 Å². The maximum atomic E-state index is 12.9. The number of anilines is 1. The zero-order valence-corrected chi connectivity index (χ0v) is 17.3. The Morgan fingerprint density at radius 1 is 0.926 bits per heavy atom. The van der Waals surface area contributed by atoms with E-state index in [4.69, 9.17) is 0 Å². The average molecular weight is 407 g/mol. The van der Waals surface area contributed by atoms with Crippen LogP contribution in [0.25, 0.3) is 0 Å². The van der Waals surface area contributed by atoms with Crippen molar-refractivity contribution in [3.8, 4) is 0 Å². The van der Waals surface area contributed by atoms with E-state index < -0.39 is 9.84 Å². The minimum atomic E-state index is -3.44. The molecule has 2 aliphatic rings. The van der Waals surface area contributed by atoms with Crippen LogP contribution in [0.2, 0.25) is 0 Å². The van der Waals surface area contributed by atoms with Gasteiger partial charge in [-0.05, 0) is 81.7 Å². The zero-order chi connectivity index (χ0) is 18.1. The van der Waals surface area contributed by atoms with Crippen molar-refractivity contribution in [2.24, 2.45) is 0 Å². The maximum absolute atomic E-state index is 12.9. The number of sulfone groups is 1. The van der Waals surface area contributed by atoms with Crippen molar-refractivity contribution < 1.29 is 8.42 Å². The lowest BCUT2D eigenvalue weighted by Gasteiger charge is -2.29. The number of rotatable bonds is 3. The van der Waals surface area contributed by atoms with Gasteiger partial charge in [0.1, 0.15) is 0 Å². The Labute approximate surface area is 168 Å². The highest BCUT2D eigenvalue weighted by Gasteiger charge is 2.29. The smallest absolute Gasteiger partial charge is 0.206 e. The summed E-state index contributed by atoms with van der Waals surface area (Å²) in [6, 6.07) is 15.0. The molecule has 0 saturated carbocycles. The van der Waals surface area contributed by atoms with Crippen LogP contribution in [0.1, 0.15) is 24.8 Å². The number of hydrogen-bond acceptors (Lipinski definition) is 4. The van der Waals surface area contributed by atoms with Crippen LogP contribution in [-0.4, -0.2) is 46.0 Å². The molecule has 27 heavy (non-hydrogen) atoms. The Morgan fingerprint density at radius 3 is 2.48 bits per heavy atom. The molecule has 2 aromatic carbocycles. The summed E-state index contributed by atoms with van der Waals surface area (Å²) in [4.78, 5) is 5.69. The molecule has 1 fully saturated rings. The van der Waals surface area contributed by atoms with E-state index in [1.54, 1.807) is 30.3 Å². The second-order valence-electron chi connectivity index (χ2n) is 7.44. The van der Waals surface area contributed by atoms with Crippen LogP contribution in [0.3, 0.4) is 0 Å². The summed E-state index contributed by atoms with van der Waals surface area (Å²) in [5.41, 5.74) is 2.39. The normalized spacial score (nSPS) is 20.6. The quantitative estimate of drug-likeness (QED) is 0.777. The molecule has 0 amide bonds. The Bertz CT molecular complexity index is 886. The first kappa shape index (κ1) is 20.2. The monoisotopic (exact) mass is 406 g/mol. The molecule has 2 aromatic rings. The van der Waals surface area contributed by atoms with E-state index in [0.717, 1.165) is 19.5 Å². The van der Waals surface area contributed by atoms with E-state index in [2.05, 4.69) is 16.8 Å². The second-order valence-corrected chi connectivity index (χ2v) is 9.39. The molecule has 1 atom stereocenters. The minimum Gasteiger partial charge on any atom is -0.368 e. The first-order valence-corrected chi connectivity index (χ1v) is 10.9. The Morgan fingerprint density at radius 2 is 1.70 bits per heavy atom. The third-order valence-electron chi connectivity index (χ3n) is 5.71. The summed E-state index contributed by atoms with van der Waals surface area (Å²) in [5.74, 6) is 0. The standard InChI is InChI=1S/C21H26N2O2S.ClH/c1-22-13-5-6-18(12-14-22)23-15-11-17-16-20(9-10-21(17)23)26(24,25)19-7-3-2-4-8-19;/h2-4,7-10,16,18H,5-6,11-15H2,1H3;1H. The van der Waals surface area contributed by atoms with Gasteiger partial charge in [0, 0.05) is 18.3 Å². The molecule has 0 spiro atoms. The molecule has 146 valence electrons. The van der Waals surface area contributed by atoms with Crippen LogP contribution in [0, 0.1) is 0 Å². The molecule has 0 radical (unpaired) electrons. The molecular formula is C21H27ClN2O2S. The summed E-state index contributed by atoms with van der Waals surface area (Å²) in [5, 5.41) is 0. The lowest BCUT2D eigenvalue weighted by atomic mass is 10.1. The van der Waals surface area contributed by atoms with Crippen molar-refractivity contribution in [3.05, 3.63) is 54.1 Å². The van der Waals surface area contributed by atoms with Crippen molar-refractivity contribution in [2.75, 3.05) is 31.6 Å². The topological polar surface area (TPSA) is 40.6 Å². The van der Waals surface area contributed by atoms with E-state index >= 15 is 0 Å². The van der Waals surface area contributed by atoms with Gasteiger partial charge in [0.05, 0.1) is 9.79 Å². The number of hydrogen-bond donors (Lipinski definition) is 0. The first-order chi connectivity index (χ1) is 12.6. The Kier molecular flexibility index (Phi) is 6.14. The van der Waals surface area contributed by atoms with Crippen LogP contribution in [0.4, 0.5) is 5.69 Å². The largest absolute Gasteiger partial charge is 0.368 e. The predicted octanol–water partition coefficient (Wildman–Crippen LogP) is 3.79. The fourth-order valence-corrected chi connectivity index (χ4v) is 5.55. The summed E-state index contributed by atoms with van der Waals surface area (Å²) < 4.78 is 25.8. The third kappa shape index (κ3) is 4.00. The summed E-state index contributed by atoms with van der Waals surface area (Å²) >= 11 is 0. The summed E-state index contributed by atoms with van der Waals surface area (Å²) in [7, 11) is -1.25. The Balaban J connectivity index is 0.00000210. The first-order valence-electron chi connectivity index (χ1n) is 9.44. The van der Waals surface area contributed by atoms with E-state index in [1.165, 1.54) is 37.1 Å². The number of halogens is 1. The van der Waals surface area contributed by atoms with Gasteiger partial charge in [0.15, 0.2) is 0 Å².